The van der Waals surface area contributed by atoms with Crippen LogP contribution in [0.2, 0.25) is 0 Å². The summed E-state index contributed by atoms with van der Waals surface area (Å²) in [5.74, 6) is -7.73. The van der Waals surface area contributed by atoms with Gasteiger partial charge >= 0.3 is 17.9 Å². The standard InChI is InChI=1S/C23H22O10/c1-30-13-8-6-5-7-10(13)11-9-12-14(18(24)15(11)21(27)31-2)19(25)17(23(29)33-4)20(26)16(12)22(28)32-3/h5-8,11,15,25-26H,9H2,1-4H3. The predicted octanol–water partition coefficient (Wildman–Crippen LogP) is 1.99. The number of ketones is 1. The van der Waals surface area contributed by atoms with Crippen molar-refractivity contribution in [1.82, 2.24) is 0 Å². The molecule has 10 nitrogen and oxygen atoms in total. The molecule has 0 aliphatic heterocycles. The molecule has 1 aliphatic carbocycles. The number of para-hydroxylation sites is 1. The van der Waals surface area contributed by atoms with Crippen LogP contribution in [0.5, 0.6) is 17.2 Å². The van der Waals surface area contributed by atoms with Crippen LogP contribution in [0.1, 0.15) is 48.1 Å². The van der Waals surface area contributed by atoms with Gasteiger partial charge in [-0.05, 0) is 23.6 Å². The number of fused-ring (bicyclic) bond motifs is 1. The summed E-state index contributed by atoms with van der Waals surface area (Å²) in [5.41, 5.74) is -1.34. The van der Waals surface area contributed by atoms with Gasteiger partial charge in [-0.1, -0.05) is 18.2 Å². The Morgan fingerprint density at radius 2 is 1.48 bits per heavy atom. The largest absolute Gasteiger partial charge is 0.506 e. The molecule has 1 aliphatic rings. The molecule has 0 radical (unpaired) electrons. The van der Waals surface area contributed by atoms with Gasteiger partial charge in [0.2, 0.25) is 0 Å². The summed E-state index contributed by atoms with van der Waals surface area (Å²) in [6.07, 6.45) is -0.159. The Hall–Kier alpha value is -4.08. The second-order valence-electron chi connectivity index (χ2n) is 7.20. The Kier molecular flexibility index (Phi) is 6.57. The van der Waals surface area contributed by atoms with Crippen molar-refractivity contribution in [3.05, 3.63) is 52.1 Å². The first-order chi connectivity index (χ1) is 15.7. The number of Topliss-reactive ketones (excluding diaryl/α,β-unsaturated/α-hetero) is 1. The monoisotopic (exact) mass is 458 g/mol. The van der Waals surface area contributed by atoms with Crippen molar-refractivity contribution >= 4 is 23.7 Å². The highest BCUT2D eigenvalue weighted by Crippen LogP contribution is 2.48. The maximum absolute atomic E-state index is 13.6. The average Bonchev–Trinajstić information content (AvgIpc) is 2.82. The summed E-state index contributed by atoms with van der Waals surface area (Å²) in [5, 5.41) is 21.5. The first kappa shape index (κ1) is 23.6. The first-order valence-corrected chi connectivity index (χ1v) is 9.75. The Morgan fingerprint density at radius 1 is 0.879 bits per heavy atom. The quantitative estimate of drug-likeness (QED) is 0.387. The highest BCUT2D eigenvalue weighted by molar-refractivity contribution is 6.17. The lowest BCUT2D eigenvalue weighted by Crippen LogP contribution is -2.38. The lowest BCUT2D eigenvalue weighted by molar-refractivity contribution is -0.144. The number of methoxy groups -OCH3 is 4. The van der Waals surface area contributed by atoms with Crippen LogP contribution in [0.3, 0.4) is 0 Å². The fourth-order valence-corrected chi connectivity index (χ4v) is 4.20. The normalized spacial score (nSPS) is 17.0. The lowest BCUT2D eigenvalue weighted by Gasteiger charge is -2.33. The molecule has 0 saturated heterocycles. The van der Waals surface area contributed by atoms with Crippen molar-refractivity contribution in [3.8, 4) is 17.2 Å². The topological polar surface area (TPSA) is 146 Å². The number of carbonyl (C=O) groups excluding carboxylic acids is 4. The molecule has 0 fully saturated rings. The van der Waals surface area contributed by atoms with Gasteiger partial charge in [0.1, 0.15) is 34.3 Å². The molecule has 10 heteroatoms. The number of ether oxygens (including phenoxy) is 4. The van der Waals surface area contributed by atoms with Crippen LogP contribution in [0, 0.1) is 5.92 Å². The van der Waals surface area contributed by atoms with Crippen molar-refractivity contribution in [3.63, 3.8) is 0 Å². The highest BCUT2D eigenvalue weighted by atomic mass is 16.5. The SMILES string of the molecule is COC(=O)c1c(O)c(C(=O)OC)c2c(c1O)C(=O)C(C(=O)OC)C(c1ccccc1OC)C2. The van der Waals surface area contributed by atoms with Crippen LogP contribution < -0.4 is 4.74 Å². The second kappa shape index (κ2) is 9.19. The van der Waals surface area contributed by atoms with Crippen molar-refractivity contribution in [2.45, 2.75) is 12.3 Å². The predicted molar refractivity (Wildman–Crippen MR) is 112 cm³/mol. The molecule has 0 saturated carbocycles. The van der Waals surface area contributed by atoms with Gasteiger partial charge in [0.25, 0.3) is 0 Å². The Morgan fingerprint density at radius 3 is 2.06 bits per heavy atom. The molecule has 2 aromatic rings. The van der Waals surface area contributed by atoms with Crippen molar-refractivity contribution in [1.29, 1.82) is 0 Å². The lowest BCUT2D eigenvalue weighted by atomic mass is 9.69. The van der Waals surface area contributed by atoms with Gasteiger partial charge in [0.05, 0.1) is 34.0 Å². The third-order valence-electron chi connectivity index (χ3n) is 5.68. The fraction of sp³-hybridized carbons (Fsp3) is 0.304. The van der Waals surface area contributed by atoms with Crippen molar-refractivity contribution < 1.29 is 48.3 Å². The molecule has 0 heterocycles. The van der Waals surface area contributed by atoms with Gasteiger partial charge in [-0.25, -0.2) is 9.59 Å². The number of rotatable bonds is 5. The van der Waals surface area contributed by atoms with E-state index >= 15 is 0 Å². The maximum atomic E-state index is 13.6. The fourth-order valence-electron chi connectivity index (χ4n) is 4.20. The number of hydrogen-bond donors (Lipinski definition) is 2. The van der Waals surface area contributed by atoms with Gasteiger partial charge in [-0.2, -0.15) is 0 Å². The third-order valence-corrected chi connectivity index (χ3v) is 5.68. The molecule has 2 N–H and O–H groups in total. The molecule has 2 aromatic carbocycles. The van der Waals surface area contributed by atoms with Crippen molar-refractivity contribution in [2.75, 3.05) is 28.4 Å². The number of benzene rings is 2. The van der Waals surface area contributed by atoms with E-state index in [0.29, 0.717) is 11.3 Å². The Bertz CT molecular complexity index is 1150. The second-order valence-corrected chi connectivity index (χ2v) is 7.20. The molecule has 3 rings (SSSR count). The van der Waals surface area contributed by atoms with E-state index in [1.54, 1.807) is 24.3 Å². The molecule has 174 valence electrons. The van der Waals surface area contributed by atoms with Gasteiger partial charge in [-0.3, -0.25) is 9.59 Å². The molecular weight excluding hydrogens is 436 g/mol. The Balaban J connectivity index is 2.40. The molecule has 2 unspecified atom stereocenters. The van der Waals surface area contributed by atoms with Gasteiger partial charge in [0.15, 0.2) is 5.78 Å². The minimum absolute atomic E-state index is 0.0782. The van der Waals surface area contributed by atoms with Crippen LogP contribution >= 0.6 is 0 Å². The van der Waals surface area contributed by atoms with E-state index in [1.165, 1.54) is 7.11 Å². The summed E-state index contributed by atoms with van der Waals surface area (Å²) in [4.78, 5) is 51.1. The molecule has 0 amide bonds. The van der Waals surface area contributed by atoms with Crippen molar-refractivity contribution in [2.24, 2.45) is 5.92 Å². The van der Waals surface area contributed by atoms with E-state index in [2.05, 4.69) is 4.74 Å². The summed E-state index contributed by atoms with van der Waals surface area (Å²) in [6.45, 7) is 0. The van der Waals surface area contributed by atoms with Crippen LogP contribution in [-0.2, 0) is 25.4 Å². The van der Waals surface area contributed by atoms with Crippen LogP contribution in [0.25, 0.3) is 0 Å². The van der Waals surface area contributed by atoms with E-state index < -0.39 is 63.7 Å². The van der Waals surface area contributed by atoms with E-state index in [4.69, 9.17) is 14.2 Å². The average molecular weight is 458 g/mol. The minimum Gasteiger partial charge on any atom is -0.506 e. The highest BCUT2D eigenvalue weighted by Gasteiger charge is 2.47. The molecule has 0 aromatic heterocycles. The summed E-state index contributed by atoms with van der Waals surface area (Å²) in [6, 6.07) is 6.68. The summed E-state index contributed by atoms with van der Waals surface area (Å²) >= 11 is 0. The van der Waals surface area contributed by atoms with Crippen LogP contribution in [-0.4, -0.2) is 62.3 Å². The summed E-state index contributed by atoms with van der Waals surface area (Å²) in [7, 11) is 4.58. The van der Waals surface area contributed by atoms with E-state index in [-0.39, 0.29) is 12.0 Å². The molecule has 0 spiro atoms. The first-order valence-electron chi connectivity index (χ1n) is 9.75. The van der Waals surface area contributed by atoms with Gasteiger partial charge in [-0.15, -0.1) is 0 Å². The zero-order valence-electron chi connectivity index (χ0n) is 18.3. The number of phenolic OH excluding ortho intramolecular Hbond substituents is 2. The molecule has 33 heavy (non-hydrogen) atoms. The number of esters is 3. The van der Waals surface area contributed by atoms with Gasteiger partial charge in [0, 0.05) is 5.92 Å². The minimum atomic E-state index is -1.43. The van der Waals surface area contributed by atoms with E-state index in [1.807, 2.05) is 0 Å². The van der Waals surface area contributed by atoms with E-state index in [0.717, 1.165) is 21.3 Å². The van der Waals surface area contributed by atoms with Crippen LogP contribution in [0.4, 0.5) is 0 Å². The van der Waals surface area contributed by atoms with Gasteiger partial charge < -0.3 is 29.2 Å². The molecule has 0 bridgehead atoms. The third kappa shape index (κ3) is 3.73. The smallest absolute Gasteiger partial charge is 0.345 e. The zero-order chi connectivity index (χ0) is 24.4. The molecule has 2 atom stereocenters. The number of aromatic hydroxyl groups is 2. The zero-order valence-corrected chi connectivity index (χ0v) is 18.3. The van der Waals surface area contributed by atoms with E-state index in [9.17, 15) is 29.4 Å². The Labute approximate surface area is 188 Å². The number of carbonyl (C=O) groups is 4. The number of phenols is 2. The summed E-state index contributed by atoms with van der Waals surface area (Å²) < 4.78 is 19.6. The molecular formula is C23H22O10. The maximum Gasteiger partial charge on any atom is 0.345 e. The van der Waals surface area contributed by atoms with Crippen LogP contribution in [0.15, 0.2) is 24.3 Å². The number of hydrogen-bond acceptors (Lipinski definition) is 10.